The first-order valence-electron chi connectivity index (χ1n) is 9.94. The molecule has 1 heterocycles. The van der Waals surface area contributed by atoms with Crippen molar-refractivity contribution in [3.63, 3.8) is 0 Å². The molecule has 160 valence electrons. The summed E-state index contributed by atoms with van der Waals surface area (Å²) in [6, 6.07) is 5.18. The van der Waals surface area contributed by atoms with Crippen molar-refractivity contribution in [1.29, 1.82) is 0 Å². The van der Waals surface area contributed by atoms with Crippen LogP contribution in [0.2, 0.25) is 0 Å². The van der Waals surface area contributed by atoms with Crippen molar-refractivity contribution < 1.29 is 19.1 Å². The van der Waals surface area contributed by atoms with Gasteiger partial charge < -0.3 is 15.0 Å². The van der Waals surface area contributed by atoms with Crippen LogP contribution in [0.3, 0.4) is 0 Å². The normalized spacial score (nSPS) is 17.7. The summed E-state index contributed by atoms with van der Waals surface area (Å²) in [5.74, 6) is -0.765. The molecule has 1 aromatic rings. The highest BCUT2D eigenvalue weighted by Gasteiger charge is 2.32. The predicted octanol–water partition coefficient (Wildman–Crippen LogP) is 2.82. The summed E-state index contributed by atoms with van der Waals surface area (Å²) >= 11 is 3.41. The SMILES string of the molecule is CCOC(=O)C1CCCN(C(=O)C(C)N(C)CC(=O)Nc2ccc(Br)cc2C)C1. The molecule has 2 amide bonds. The number of anilines is 1. The molecule has 0 aromatic heterocycles. The standard InChI is InChI=1S/C21H30BrN3O4/c1-5-29-21(28)16-7-6-10-25(12-16)20(27)15(3)24(4)13-19(26)23-18-9-8-17(22)11-14(18)2/h8-9,11,15-16H,5-7,10,12-13H2,1-4H3,(H,23,26). The number of piperidine rings is 1. The number of likely N-dealkylation sites (tertiary alicyclic amines) is 1. The number of esters is 1. The largest absolute Gasteiger partial charge is 0.466 e. The van der Waals surface area contributed by atoms with E-state index < -0.39 is 6.04 Å². The van der Waals surface area contributed by atoms with Crippen LogP contribution in [-0.4, -0.2) is 66.9 Å². The maximum atomic E-state index is 12.9. The number of nitrogens with one attached hydrogen (secondary N) is 1. The van der Waals surface area contributed by atoms with Crippen LogP contribution in [0.25, 0.3) is 0 Å². The first kappa shape index (κ1) is 23.3. The first-order chi connectivity index (χ1) is 13.7. The van der Waals surface area contributed by atoms with E-state index in [4.69, 9.17) is 4.74 Å². The smallest absolute Gasteiger partial charge is 0.310 e. The number of benzene rings is 1. The Morgan fingerprint density at radius 3 is 2.76 bits per heavy atom. The molecular weight excluding hydrogens is 438 g/mol. The summed E-state index contributed by atoms with van der Waals surface area (Å²) in [5.41, 5.74) is 1.71. The Bertz CT molecular complexity index is 755. The topological polar surface area (TPSA) is 79.0 Å². The lowest BCUT2D eigenvalue weighted by atomic mass is 9.97. The van der Waals surface area contributed by atoms with Crippen LogP contribution in [-0.2, 0) is 19.1 Å². The number of hydrogen-bond acceptors (Lipinski definition) is 5. The molecule has 2 rings (SSSR count). The first-order valence-corrected chi connectivity index (χ1v) is 10.7. The van der Waals surface area contributed by atoms with E-state index in [0.29, 0.717) is 19.7 Å². The zero-order valence-electron chi connectivity index (χ0n) is 17.5. The number of halogens is 1. The Labute approximate surface area is 180 Å². The van der Waals surface area contributed by atoms with E-state index in [1.807, 2.05) is 25.1 Å². The molecule has 0 saturated carbocycles. The van der Waals surface area contributed by atoms with Gasteiger partial charge in [-0.15, -0.1) is 0 Å². The second kappa shape index (κ2) is 10.7. The number of amides is 2. The fourth-order valence-electron chi connectivity index (χ4n) is 3.40. The molecular formula is C21H30BrN3O4. The Morgan fingerprint density at radius 2 is 2.10 bits per heavy atom. The second-order valence-electron chi connectivity index (χ2n) is 7.47. The minimum Gasteiger partial charge on any atom is -0.466 e. The molecule has 29 heavy (non-hydrogen) atoms. The van der Waals surface area contributed by atoms with Crippen LogP contribution in [0.1, 0.15) is 32.3 Å². The van der Waals surface area contributed by atoms with Gasteiger partial charge in [-0.1, -0.05) is 15.9 Å². The van der Waals surface area contributed by atoms with E-state index in [-0.39, 0.29) is 30.2 Å². The van der Waals surface area contributed by atoms with Gasteiger partial charge in [0, 0.05) is 23.2 Å². The van der Waals surface area contributed by atoms with Crippen LogP contribution >= 0.6 is 15.9 Å². The van der Waals surface area contributed by atoms with Gasteiger partial charge in [0.25, 0.3) is 0 Å². The molecule has 0 radical (unpaired) electrons. The van der Waals surface area contributed by atoms with Crippen LogP contribution in [0.4, 0.5) is 5.69 Å². The number of carbonyl (C=O) groups excluding carboxylic acids is 3. The van der Waals surface area contributed by atoms with E-state index in [2.05, 4.69) is 21.2 Å². The summed E-state index contributed by atoms with van der Waals surface area (Å²) in [6.45, 7) is 6.92. The minimum absolute atomic E-state index is 0.0749. The zero-order valence-corrected chi connectivity index (χ0v) is 19.1. The van der Waals surface area contributed by atoms with Crippen molar-refractivity contribution in [3.8, 4) is 0 Å². The monoisotopic (exact) mass is 467 g/mol. The fourth-order valence-corrected chi connectivity index (χ4v) is 3.88. The maximum absolute atomic E-state index is 12.9. The van der Waals surface area contributed by atoms with Crippen LogP contribution in [0, 0.1) is 12.8 Å². The van der Waals surface area contributed by atoms with Gasteiger partial charge in [0.1, 0.15) is 0 Å². The summed E-state index contributed by atoms with van der Waals surface area (Å²) in [4.78, 5) is 40.8. The molecule has 0 spiro atoms. The number of nitrogens with zero attached hydrogens (tertiary/aromatic N) is 2. The Balaban J connectivity index is 1.91. The number of carbonyl (C=O) groups is 3. The maximum Gasteiger partial charge on any atom is 0.310 e. The minimum atomic E-state index is -0.465. The third kappa shape index (κ3) is 6.54. The van der Waals surface area contributed by atoms with E-state index in [1.165, 1.54) is 0 Å². The number of ether oxygens (including phenoxy) is 1. The van der Waals surface area contributed by atoms with E-state index in [1.54, 1.807) is 30.7 Å². The molecule has 2 unspecified atom stereocenters. The molecule has 1 aromatic carbocycles. The summed E-state index contributed by atoms with van der Waals surface area (Å²) in [7, 11) is 1.75. The van der Waals surface area contributed by atoms with E-state index in [0.717, 1.165) is 28.6 Å². The highest BCUT2D eigenvalue weighted by Crippen LogP contribution is 2.21. The molecule has 1 N–H and O–H groups in total. The molecule has 0 bridgehead atoms. The van der Waals surface area contributed by atoms with Crippen molar-refractivity contribution in [3.05, 3.63) is 28.2 Å². The van der Waals surface area contributed by atoms with Crippen molar-refractivity contribution in [1.82, 2.24) is 9.80 Å². The van der Waals surface area contributed by atoms with Crippen LogP contribution in [0.5, 0.6) is 0 Å². The molecule has 1 aliphatic heterocycles. The molecule has 7 nitrogen and oxygen atoms in total. The molecule has 1 fully saturated rings. The quantitative estimate of drug-likeness (QED) is 0.623. The van der Waals surface area contributed by atoms with Gasteiger partial charge in [0.05, 0.1) is 25.1 Å². The van der Waals surface area contributed by atoms with Gasteiger partial charge in [0.15, 0.2) is 0 Å². The van der Waals surface area contributed by atoms with Gasteiger partial charge in [-0.2, -0.15) is 0 Å². The molecule has 1 aliphatic rings. The Hall–Kier alpha value is -1.93. The van der Waals surface area contributed by atoms with Gasteiger partial charge >= 0.3 is 5.97 Å². The Kier molecular flexibility index (Phi) is 8.64. The summed E-state index contributed by atoms with van der Waals surface area (Å²) in [6.07, 6.45) is 1.51. The highest BCUT2D eigenvalue weighted by molar-refractivity contribution is 9.10. The molecule has 0 aliphatic carbocycles. The third-order valence-electron chi connectivity index (χ3n) is 5.23. The number of likely N-dealkylation sites (N-methyl/N-ethyl adjacent to an activating group) is 1. The van der Waals surface area contributed by atoms with Gasteiger partial charge in [-0.25, -0.2) is 0 Å². The van der Waals surface area contributed by atoms with Gasteiger partial charge in [-0.05, 0) is 64.4 Å². The van der Waals surface area contributed by atoms with Crippen molar-refractivity contribution >= 4 is 39.4 Å². The van der Waals surface area contributed by atoms with Crippen molar-refractivity contribution in [2.75, 3.05) is 38.6 Å². The van der Waals surface area contributed by atoms with Crippen molar-refractivity contribution in [2.45, 2.75) is 39.7 Å². The van der Waals surface area contributed by atoms with Crippen molar-refractivity contribution in [2.24, 2.45) is 5.92 Å². The summed E-state index contributed by atoms with van der Waals surface area (Å²) in [5, 5.41) is 2.89. The Morgan fingerprint density at radius 1 is 1.38 bits per heavy atom. The number of aryl methyl sites for hydroxylation is 1. The lowest BCUT2D eigenvalue weighted by Gasteiger charge is -2.35. The molecule has 1 saturated heterocycles. The van der Waals surface area contributed by atoms with Gasteiger partial charge in [0.2, 0.25) is 11.8 Å². The molecule has 8 heteroatoms. The van der Waals surface area contributed by atoms with E-state index >= 15 is 0 Å². The summed E-state index contributed by atoms with van der Waals surface area (Å²) < 4.78 is 6.05. The average Bonchev–Trinajstić information content (AvgIpc) is 2.69. The van der Waals surface area contributed by atoms with E-state index in [9.17, 15) is 14.4 Å². The van der Waals surface area contributed by atoms with Crippen LogP contribution in [0.15, 0.2) is 22.7 Å². The zero-order chi connectivity index (χ0) is 21.6. The third-order valence-corrected chi connectivity index (χ3v) is 5.72. The average molecular weight is 468 g/mol. The fraction of sp³-hybridized carbons (Fsp3) is 0.571. The molecule has 2 atom stereocenters. The van der Waals surface area contributed by atoms with Gasteiger partial charge in [-0.3, -0.25) is 19.3 Å². The lowest BCUT2D eigenvalue weighted by Crippen LogP contribution is -2.51. The van der Waals surface area contributed by atoms with Crippen LogP contribution < -0.4 is 5.32 Å². The predicted molar refractivity (Wildman–Crippen MR) is 116 cm³/mol. The number of rotatable bonds is 7. The second-order valence-corrected chi connectivity index (χ2v) is 8.39. The number of hydrogen-bond donors (Lipinski definition) is 1. The highest BCUT2D eigenvalue weighted by atomic mass is 79.9. The lowest BCUT2D eigenvalue weighted by molar-refractivity contribution is -0.152.